The molecule has 16 heavy (non-hydrogen) atoms. The molecule has 2 rings (SSSR count). The highest BCUT2D eigenvalue weighted by molar-refractivity contribution is 7.99. The highest BCUT2D eigenvalue weighted by Gasteiger charge is 2.05. The molecule has 0 aromatic carbocycles. The van der Waals surface area contributed by atoms with Crippen LogP contribution in [0.25, 0.3) is 0 Å². The minimum Gasteiger partial charge on any atom is -0.231 e. The van der Waals surface area contributed by atoms with E-state index in [0.717, 1.165) is 17.3 Å². The van der Waals surface area contributed by atoms with Crippen molar-refractivity contribution in [3.63, 3.8) is 0 Å². The van der Waals surface area contributed by atoms with E-state index in [1.165, 1.54) is 11.8 Å². The molecule has 2 aromatic heterocycles. The fourth-order valence-electron chi connectivity index (χ4n) is 1.08. The fraction of sp³-hybridized carbons (Fsp3) is 0.200. The van der Waals surface area contributed by atoms with Crippen molar-refractivity contribution in [3.8, 4) is 0 Å². The van der Waals surface area contributed by atoms with Crippen LogP contribution in [0, 0.1) is 0 Å². The monoisotopic (exact) mass is 252 g/mol. The largest absolute Gasteiger partial charge is 0.231 e. The Bertz CT molecular complexity index is 478. The van der Waals surface area contributed by atoms with E-state index in [4.69, 9.17) is 11.6 Å². The van der Waals surface area contributed by atoms with E-state index in [1.54, 1.807) is 24.5 Å². The highest BCUT2D eigenvalue weighted by Crippen LogP contribution is 2.23. The van der Waals surface area contributed by atoms with E-state index < -0.39 is 0 Å². The summed E-state index contributed by atoms with van der Waals surface area (Å²) in [6, 6.07) is 3.48. The predicted octanol–water partition coefficient (Wildman–Crippen LogP) is 2.63. The fourth-order valence-corrected chi connectivity index (χ4v) is 2.09. The summed E-state index contributed by atoms with van der Waals surface area (Å²) in [5.74, 6) is 0.728. The summed E-state index contributed by atoms with van der Waals surface area (Å²) in [5.41, 5.74) is 0. The Kier molecular flexibility index (Phi) is 3.69. The number of aromatic nitrogens is 4. The van der Waals surface area contributed by atoms with E-state index in [1.807, 2.05) is 6.92 Å². The second-order valence-corrected chi connectivity index (χ2v) is 4.31. The molecule has 0 aliphatic heterocycles. The lowest BCUT2D eigenvalue weighted by atomic mass is 10.4. The first-order valence-corrected chi connectivity index (χ1v) is 5.95. The Labute approximate surface area is 103 Å². The van der Waals surface area contributed by atoms with Crippen LogP contribution < -0.4 is 0 Å². The van der Waals surface area contributed by atoms with Crippen molar-refractivity contribution in [1.82, 2.24) is 19.9 Å². The van der Waals surface area contributed by atoms with Gasteiger partial charge in [-0.2, -0.15) is 0 Å². The maximum absolute atomic E-state index is 5.89. The minimum atomic E-state index is 0.449. The Morgan fingerprint density at radius 1 is 1.25 bits per heavy atom. The van der Waals surface area contributed by atoms with Crippen molar-refractivity contribution in [3.05, 3.63) is 35.5 Å². The second-order valence-electron chi connectivity index (χ2n) is 2.93. The molecule has 0 N–H and O–H groups in total. The third-order valence-electron chi connectivity index (χ3n) is 1.77. The highest BCUT2D eigenvalue weighted by atomic mass is 35.5. The molecule has 0 saturated heterocycles. The van der Waals surface area contributed by atoms with Gasteiger partial charge in [-0.05, 0) is 17.8 Å². The van der Waals surface area contributed by atoms with Crippen LogP contribution in [0.3, 0.4) is 0 Å². The minimum absolute atomic E-state index is 0.449. The molecule has 0 amide bonds. The third kappa shape index (κ3) is 2.90. The topological polar surface area (TPSA) is 51.6 Å². The molecule has 0 fully saturated rings. The van der Waals surface area contributed by atoms with Gasteiger partial charge in [0, 0.05) is 24.9 Å². The molecule has 0 unspecified atom stereocenters. The lowest BCUT2D eigenvalue weighted by Gasteiger charge is -2.01. The average molecular weight is 253 g/mol. The van der Waals surface area contributed by atoms with Crippen LogP contribution in [-0.2, 0) is 6.42 Å². The molecule has 0 aliphatic carbocycles. The Balaban J connectivity index is 2.24. The van der Waals surface area contributed by atoms with Crippen molar-refractivity contribution >= 4 is 23.4 Å². The summed E-state index contributed by atoms with van der Waals surface area (Å²) in [5, 5.41) is 1.87. The summed E-state index contributed by atoms with van der Waals surface area (Å²) >= 11 is 7.26. The van der Waals surface area contributed by atoms with Gasteiger partial charge in [-0.3, -0.25) is 0 Å². The van der Waals surface area contributed by atoms with Crippen LogP contribution in [0.2, 0.25) is 5.15 Å². The van der Waals surface area contributed by atoms with E-state index in [0.29, 0.717) is 10.3 Å². The number of hydrogen-bond acceptors (Lipinski definition) is 5. The first kappa shape index (κ1) is 11.3. The van der Waals surface area contributed by atoms with Gasteiger partial charge in [0.05, 0.1) is 0 Å². The summed E-state index contributed by atoms with van der Waals surface area (Å²) < 4.78 is 0. The molecule has 0 spiro atoms. The maximum atomic E-state index is 5.89. The third-order valence-corrected chi connectivity index (χ3v) is 2.78. The number of nitrogens with zero attached hydrogens (tertiary/aromatic N) is 4. The van der Waals surface area contributed by atoms with Crippen molar-refractivity contribution in [2.45, 2.75) is 23.5 Å². The van der Waals surface area contributed by atoms with Crippen molar-refractivity contribution in [2.24, 2.45) is 0 Å². The van der Waals surface area contributed by atoms with Gasteiger partial charge < -0.3 is 0 Å². The molecular formula is C10H9ClN4S. The Hall–Kier alpha value is -1.20. The zero-order chi connectivity index (χ0) is 11.4. The lowest BCUT2D eigenvalue weighted by molar-refractivity contribution is 0.882. The summed E-state index contributed by atoms with van der Waals surface area (Å²) in [6.45, 7) is 1.99. The smallest absolute Gasteiger partial charge is 0.193 e. The van der Waals surface area contributed by atoms with E-state index in [9.17, 15) is 0 Å². The summed E-state index contributed by atoms with van der Waals surface area (Å²) in [4.78, 5) is 16.6. The molecule has 82 valence electrons. The Morgan fingerprint density at radius 3 is 2.69 bits per heavy atom. The standard InChI is InChI=1S/C10H9ClN4S/c1-2-8-14-7(11)6-9(15-8)16-10-12-4-3-5-13-10/h3-6H,2H2,1H3. The van der Waals surface area contributed by atoms with Gasteiger partial charge in [-0.25, -0.2) is 19.9 Å². The van der Waals surface area contributed by atoms with Crippen LogP contribution in [-0.4, -0.2) is 19.9 Å². The predicted molar refractivity (Wildman–Crippen MR) is 62.6 cm³/mol. The van der Waals surface area contributed by atoms with E-state index in [-0.39, 0.29) is 0 Å². The lowest BCUT2D eigenvalue weighted by Crippen LogP contribution is -1.95. The van der Waals surface area contributed by atoms with Crippen molar-refractivity contribution < 1.29 is 0 Å². The van der Waals surface area contributed by atoms with Gasteiger partial charge in [0.2, 0.25) is 0 Å². The molecule has 4 nitrogen and oxygen atoms in total. The molecular weight excluding hydrogens is 244 g/mol. The first-order valence-electron chi connectivity index (χ1n) is 4.76. The quantitative estimate of drug-likeness (QED) is 0.621. The van der Waals surface area contributed by atoms with Crippen LogP contribution in [0.15, 0.2) is 34.7 Å². The maximum Gasteiger partial charge on any atom is 0.193 e. The number of halogens is 1. The van der Waals surface area contributed by atoms with E-state index >= 15 is 0 Å². The SMILES string of the molecule is CCc1nc(Cl)cc(Sc2ncccn2)n1. The van der Waals surface area contributed by atoms with Crippen LogP contribution >= 0.6 is 23.4 Å². The van der Waals surface area contributed by atoms with Crippen molar-refractivity contribution in [2.75, 3.05) is 0 Å². The molecule has 0 atom stereocenters. The van der Waals surface area contributed by atoms with Gasteiger partial charge in [0.25, 0.3) is 0 Å². The zero-order valence-corrected chi connectivity index (χ0v) is 10.2. The van der Waals surface area contributed by atoms with Crippen LogP contribution in [0.1, 0.15) is 12.7 Å². The zero-order valence-electron chi connectivity index (χ0n) is 8.59. The van der Waals surface area contributed by atoms with Crippen LogP contribution in [0.4, 0.5) is 0 Å². The van der Waals surface area contributed by atoms with Crippen molar-refractivity contribution in [1.29, 1.82) is 0 Å². The summed E-state index contributed by atoms with van der Waals surface area (Å²) in [7, 11) is 0. The van der Waals surface area contributed by atoms with Gasteiger partial charge in [-0.15, -0.1) is 0 Å². The van der Waals surface area contributed by atoms with Gasteiger partial charge >= 0.3 is 0 Å². The van der Waals surface area contributed by atoms with E-state index in [2.05, 4.69) is 19.9 Å². The van der Waals surface area contributed by atoms with Gasteiger partial charge in [0.1, 0.15) is 16.0 Å². The number of aryl methyl sites for hydroxylation is 1. The van der Waals surface area contributed by atoms with Gasteiger partial charge in [-0.1, -0.05) is 18.5 Å². The molecule has 2 aromatic rings. The number of rotatable bonds is 3. The molecule has 2 heterocycles. The first-order chi connectivity index (χ1) is 7.78. The molecule has 0 bridgehead atoms. The number of hydrogen-bond donors (Lipinski definition) is 0. The summed E-state index contributed by atoms with van der Waals surface area (Å²) in [6.07, 6.45) is 4.14. The molecule has 0 radical (unpaired) electrons. The van der Waals surface area contributed by atoms with Crippen LogP contribution in [0.5, 0.6) is 0 Å². The Morgan fingerprint density at radius 2 is 2.00 bits per heavy atom. The van der Waals surface area contributed by atoms with Gasteiger partial charge in [0.15, 0.2) is 5.16 Å². The normalized spacial score (nSPS) is 10.4. The second kappa shape index (κ2) is 5.23. The molecule has 0 saturated carbocycles. The average Bonchev–Trinajstić information content (AvgIpc) is 2.29. The molecule has 6 heteroatoms. The molecule has 0 aliphatic rings.